The highest BCUT2D eigenvalue weighted by atomic mass is 16.2. The minimum atomic E-state index is -0.163. The molecule has 2 aromatic carbocycles. The van der Waals surface area contributed by atoms with Gasteiger partial charge in [0.25, 0.3) is 5.91 Å². The number of hydrogen-bond acceptors (Lipinski definition) is 5. The number of amides is 1. The lowest BCUT2D eigenvalue weighted by Gasteiger charge is -2.14. The summed E-state index contributed by atoms with van der Waals surface area (Å²) < 4.78 is 0. The van der Waals surface area contributed by atoms with Crippen molar-refractivity contribution in [3.8, 4) is 17.2 Å². The second-order valence-corrected chi connectivity index (χ2v) is 7.13. The molecule has 1 aromatic heterocycles. The van der Waals surface area contributed by atoms with Crippen LogP contribution in [0.5, 0.6) is 0 Å². The van der Waals surface area contributed by atoms with E-state index in [0.717, 1.165) is 33.4 Å². The van der Waals surface area contributed by atoms with Crippen molar-refractivity contribution in [2.75, 3.05) is 31.3 Å². The second-order valence-electron chi connectivity index (χ2n) is 7.13. The molecule has 1 aliphatic rings. The zero-order valence-electron chi connectivity index (χ0n) is 15.8. The van der Waals surface area contributed by atoms with Crippen LogP contribution in [0.4, 0.5) is 11.5 Å². The molecule has 0 fully saturated rings. The zero-order chi connectivity index (χ0) is 20.0. The summed E-state index contributed by atoms with van der Waals surface area (Å²) >= 11 is 0. The molecule has 0 saturated heterocycles. The van der Waals surface area contributed by atoms with E-state index in [1.165, 1.54) is 0 Å². The Bertz CT molecular complexity index is 1170. The molecule has 2 heterocycles. The third-order valence-corrected chi connectivity index (χ3v) is 5.01. The summed E-state index contributed by atoms with van der Waals surface area (Å²) in [5.74, 6) is 0.691. The van der Waals surface area contributed by atoms with Crippen LogP contribution >= 0.6 is 0 Å². The van der Waals surface area contributed by atoms with Crippen LogP contribution in [0, 0.1) is 11.3 Å². The summed E-state index contributed by atoms with van der Waals surface area (Å²) in [5.41, 5.74) is 11.2. The monoisotopic (exact) mass is 372 g/mol. The van der Waals surface area contributed by atoms with Crippen molar-refractivity contribution in [1.29, 1.82) is 5.26 Å². The summed E-state index contributed by atoms with van der Waals surface area (Å²) in [6.45, 7) is 4.29. The third-order valence-electron chi connectivity index (χ3n) is 5.01. The first kappa shape index (κ1) is 17.6. The molecule has 0 spiro atoms. The Morgan fingerprint density at radius 3 is 2.89 bits per heavy atom. The summed E-state index contributed by atoms with van der Waals surface area (Å²) in [7, 11) is 3.89. The van der Waals surface area contributed by atoms with Crippen molar-refractivity contribution in [3.63, 3.8) is 0 Å². The van der Waals surface area contributed by atoms with E-state index in [4.69, 9.17) is 11.0 Å². The number of carbonyl (C=O) groups excluding carboxylic acids is 1. The van der Waals surface area contributed by atoms with E-state index < -0.39 is 0 Å². The number of benzene rings is 2. The number of nitrogen functional groups attached to an aromatic ring is 1. The quantitative estimate of drug-likeness (QED) is 0.541. The highest BCUT2D eigenvalue weighted by Crippen LogP contribution is 2.37. The maximum Gasteiger partial charge on any atom is 0.256 e. The molecule has 7 heteroatoms. The predicted octanol–water partition coefficient (Wildman–Crippen LogP) is 2.91. The van der Waals surface area contributed by atoms with Crippen LogP contribution in [-0.4, -0.2) is 41.6 Å². The van der Waals surface area contributed by atoms with Gasteiger partial charge in [-0.25, -0.2) is 0 Å². The average molecular weight is 372 g/mol. The largest absolute Gasteiger partial charge is 0.398 e. The van der Waals surface area contributed by atoms with Gasteiger partial charge in [0.15, 0.2) is 5.82 Å². The van der Waals surface area contributed by atoms with Gasteiger partial charge in [0.2, 0.25) is 0 Å². The normalized spacial score (nSPS) is 12.9. The number of anilines is 2. The van der Waals surface area contributed by atoms with Crippen LogP contribution in [-0.2, 0) is 6.54 Å². The second kappa shape index (κ2) is 6.43. The van der Waals surface area contributed by atoms with Gasteiger partial charge in [0, 0.05) is 37.3 Å². The molecular formula is C21H20N6O. The molecule has 0 bridgehead atoms. The van der Waals surface area contributed by atoms with E-state index in [1.54, 1.807) is 11.0 Å². The lowest BCUT2D eigenvalue weighted by Crippen LogP contribution is -2.26. The fourth-order valence-corrected chi connectivity index (χ4v) is 3.68. The highest BCUT2D eigenvalue weighted by molar-refractivity contribution is 6.05. The van der Waals surface area contributed by atoms with Gasteiger partial charge in [0.05, 0.1) is 23.7 Å². The van der Waals surface area contributed by atoms with Crippen LogP contribution in [0.3, 0.4) is 0 Å². The Labute approximate surface area is 162 Å². The molecule has 0 aliphatic carbocycles. The minimum absolute atomic E-state index is 0.163. The number of nitrogens with one attached hydrogen (secondary N) is 1. The molecule has 0 unspecified atom stereocenters. The molecule has 4 rings (SSSR count). The first-order valence-electron chi connectivity index (χ1n) is 8.85. The summed E-state index contributed by atoms with van der Waals surface area (Å²) in [6, 6.07) is 11.8. The number of aromatic nitrogens is 2. The summed E-state index contributed by atoms with van der Waals surface area (Å²) in [5, 5.41) is 17.4. The number of H-pyrrole nitrogens is 1. The predicted molar refractivity (Wildman–Crippen MR) is 110 cm³/mol. The van der Waals surface area contributed by atoms with Gasteiger partial charge in [0.1, 0.15) is 0 Å². The third kappa shape index (κ3) is 2.67. The SMILES string of the molecule is C=C(C#N)CN1Cc2c(-c3ccc4[nH]nc(N(C)C)c4c3)ccc(N)c2C1=O. The lowest BCUT2D eigenvalue weighted by atomic mass is 9.95. The van der Waals surface area contributed by atoms with Crippen molar-refractivity contribution in [2.24, 2.45) is 0 Å². The van der Waals surface area contributed by atoms with Crippen molar-refractivity contribution in [1.82, 2.24) is 15.1 Å². The molecule has 3 N–H and O–H groups in total. The first-order valence-corrected chi connectivity index (χ1v) is 8.85. The van der Waals surface area contributed by atoms with Gasteiger partial charge in [-0.05, 0) is 34.9 Å². The van der Waals surface area contributed by atoms with Crippen LogP contribution in [0.25, 0.3) is 22.0 Å². The number of nitrogens with two attached hydrogens (primary N) is 1. The number of rotatable bonds is 4. The van der Waals surface area contributed by atoms with E-state index in [-0.39, 0.29) is 12.5 Å². The van der Waals surface area contributed by atoms with E-state index in [9.17, 15) is 4.79 Å². The van der Waals surface area contributed by atoms with Gasteiger partial charge in [-0.2, -0.15) is 10.4 Å². The molecule has 0 radical (unpaired) electrons. The van der Waals surface area contributed by atoms with Crippen molar-refractivity contribution < 1.29 is 4.79 Å². The molecule has 1 amide bonds. The Hall–Kier alpha value is -3.79. The fourth-order valence-electron chi connectivity index (χ4n) is 3.68. The minimum Gasteiger partial charge on any atom is -0.398 e. The number of aromatic amines is 1. The maximum atomic E-state index is 12.8. The Kier molecular flexibility index (Phi) is 4.04. The Morgan fingerprint density at radius 1 is 1.39 bits per heavy atom. The lowest BCUT2D eigenvalue weighted by molar-refractivity contribution is 0.0794. The van der Waals surface area contributed by atoms with E-state index >= 15 is 0 Å². The molecular weight excluding hydrogens is 352 g/mol. The van der Waals surface area contributed by atoms with Gasteiger partial charge >= 0.3 is 0 Å². The standard InChI is InChI=1S/C21H20N6O/c1-12(9-22)10-27-11-16-14(5-6-17(23)19(16)21(27)28)13-4-7-18-15(8-13)20(25-24-18)26(2)3/h4-8H,1,10-11,23H2,2-3H3,(H,24,25). The molecule has 1 aliphatic heterocycles. The van der Waals surface area contributed by atoms with Gasteiger partial charge in [-0.3, -0.25) is 9.89 Å². The Morgan fingerprint density at radius 2 is 2.18 bits per heavy atom. The van der Waals surface area contributed by atoms with Crippen molar-refractivity contribution in [2.45, 2.75) is 6.54 Å². The Balaban J connectivity index is 1.83. The van der Waals surface area contributed by atoms with Gasteiger partial charge < -0.3 is 15.5 Å². The number of hydrogen-bond donors (Lipinski definition) is 2. The van der Waals surface area contributed by atoms with Gasteiger partial charge in [-0.15, -0.1) is 0 Å². The maximum absolute atomic E-state index is 12.8. The molecule has 0 saturated carbocycles. The number of fused-ring (bicyclic) bond motifs is 2. The fraction of sp³-hybridized carbons (Fsp3) is 0.190. The molecule has 28 heavy (non-hydrogen) atoms. The molecule has 0 atom stereocenters. The van der Waals surface area contributed by atoms with Crippen LogP contribution in [0.1, 0.15) is 15.9 Å². The highest BCUT2D eigenvalue weighted by Gasteiger charge is 2.32. The van der Waals surface area contributed by atoms with Crippen molar-refractivity contribution in [3.05, 3.63) is 53.6 Å². The smallest absolute Gasteiger partial charge is 0.256 e. The van der Waals surface area contributed by atoms with Crippen LogP contribution in [0.15, 0.2) is 42.5 Å². The van der Waals surface area contributed by atoms with Crippen LogP contribution < -0.4 is 10.6 Å². The van der Waals surface area contributed by atoms with E-state index in [0.29, 0.717) is 23.4 Å². The van der Waals surface area contributed by atoms with E-state index in [2.05, 4.69) is 22.8 Å². The summed E-state index contributed by atoms with van der Waals surface area (Å²) in [6.07, 6.45) is 0. The van der Waals surface area contributed by atoms with Gasteiger partial charge in [-0.1, -0.05) is 18.7 Å². The zero-order valence-corrected chi connectivity index (χ0v) is 15.8. The van der Waals surface area contributed by atoms with E-state index in [1.807, 2.05) is 43.3 Å². The average Bonchev–Trinajstić information content (AvgIpc) is 3.23. The number of carbonyl (C=O) groups is 1. The molecule has 3 aromatic rings. The summed E-state index contributed by atoms with van der Waals surface area (Å²) in [4.78, 5) is 16.4. The van der Waals surface area contributed by atoms with Crippen LogP contribution in [0.2, 0.25) is 0 Å². The topological polar surface area (TPSA) is 102 Å². The number of nitriles is 1. The number of nitrogens with zero attached hydrogens (tertiary/aromatic N) is 4. The van der Waals surface area contributed by atoms with Crippen molar-refractivity contribution >= 4 is 28.3 Å². The first-order chi connectivity index (χ1) is 13.4. The molecule has 140 valence electrons. The molecule has 7 nitrogen and oxygen atoms in total.